The number of thioether (sulfide) groups is 1. The average Bonchev–Trinajstić information content (AvgIpc) is 2.73. The number of rotatable bonds is 6. The summed E-state index contributed by atoms with van der Waals surface area (Å²) in [5.74, 6) is 1.13. The van der Waals surface area contributed by atoms with Crippen molar-refractivity contribution in [2.24, 2.45) is 0 Å². The Bertz CT molecular complexity index is 658. The second kappa shape index (κ2) is 6.87. The van der Waals surface area contributed by atoms with Gasteiger partial charge >= 0.3 is 6.18 Å². The van der Waals surface area contributed by atoms with E-state index in [0.717, 1.165) is 49.2 Å². The van der Waals surface area contributed by atoms with Gasteiger partial charge in [0.25, 0.3) is 0 Å². The highest BCUT2D eigenvalue weighted by Gasteiger charge is 2.30. The number of alkyl halides is 3. The number of nitrogens with zero attached hydrogens (tertiary/aromatic N) is 1. The molecule has 0 saturated carbocycles. The van der Waals surface area contributed by atoms with Crippen molar-refractivity contribution < 1.29 is 13.2 Å². The number of hydrogen-bond donors (Lipinski definition) is 1. The average molecular weight is 334 g/mol. The Labute approximate surface area is 130 Å². The van der Waals surface area contributed by atoms with E-state index in [-0.39, 0.29) is 0 Å². The third-order valence-corrected chi connectivity index (χ3v) is 4.35. The van der Waals surface area contributed by atoms with Gasteiger partial charge in [-0.25, -0.2) is 0 Å². The van der Waals surface area contributed by atoms with Crippen molar-refractivity contribution in [3.8, 4) is 0 Å². The van der Waals surface area contributed by atoms with Crippen molar-refractivity contribution in [3.63, 3.8) is 0 Å². The molecular weight excluding hydrogens is 317 g/mol. The van der Waals surface area contributed by atoms with Crippen LogP contribution in [-0.4, -0.2) is 21.6 Å². The minimum absolute atomic E-state index is 0.443. The zero-order valence-corrected chi connectivity index (χ0v) is 13.3. The van der Waals surface area contributed by atoms with Crippen molar-refractivity contribution in [2.45, 2.75) is 32.0 Å². The Hall–Kier alpha value is -0.950. The lowest BCUT2D eigenvalue weighted by Gasteiger charge is -2.07. The summed E-state index contributed by atoms with van der Waals surface area (Å²) in [6, 6.07) is 3.72. The summed E-state index contributed by atoms with van der Waals surface area (Å²) in [5.41, 5.74) is 0.523. The molecule has 7 heteroatoms. The molecule has 0 saturated heterocycles. The number of hydrogen-bond acceptors (Lipinski definition) is 2. The van der Waals surface area contributed by atoms with Crippen LogP contribution in [0.5, 0.6) is 0 Å². The molecule has 1 aromatic carbocycles. The van der Waals surface area contributed by atoms with E-state index in [1.807, 2.05) is 16.3 Å². The number of imidazole rings is 1. The van der Waals surface area contributed by atoms with E-state index < -0.39 is 11.7 Å². The molecule has 116 valence electrons. The molecule has 0 bridgehead atoms. The molecule has 0 aliphatic rings. The number of benzene rings is 1. The third-order valence-electron chi connectivity index (χ3n) is 3.33. The number of fused-ring (bicyclic) bond motifs is 1. The molecular formula is C14H17F3N2S2. The minimum Gasteiger partial charge on any atom is -0.331 e. The number of H-pyrrole nitrogens is 1. The number of halogens is 3. The normalized spacial score (nSPS) is 12.2. The molecule has 0 amide bonds. The predicted molar refractivity (Wildman–Crippen MR) is 84.4 cm³/mol. The smallest absolute Gasteiger partial charge is 0.331 e. The molecule has 2 rings (SSSR count). The van der Waals surface area contributed by atoms with Gasteiger partial charge in [0, 0.05) is 6.54 Å². The van der Waals surface area contributed by atoms with Crippen LogP contribution >= 0.6 is 24.0 Å². The lowest BCUT2D eigenvalue weighted by Crippen LogP contribution is -2.04. The molecule has 2 aromatic rings. The monoisotopic (exact) mass is 334 g/mol. The van der Waals surface area contributed by atoms with E-state index in [4.69, 9.17) is 12.2 Å². The van der Waals surface area contributed by atoms with Gasteiger partial charge in [0.15, 0.2) is 4.77 Å². The Kier molecular flexibility index (Phi) is 5.37. The second-order valence-electron chi connectivity index (χ2n) is 4.86. The van der Waals surface area contributed by atoms with Gasteiger partial charge in [-0.1, -0.05) is 6.42 Å². The van der Waals surface area contributed by atoms with E-state index in [2.05, 4.69) is 11.2 Å². The Morgan fingerprint density at radius 2 is 2.00 bits per heavy atom. The van der Waals surface area contributed by atoms with Crippen LogP contribution in [0.1, 0.15) is 24.8 Å². The number of aryl methyl sites for hydroxylation is 1. The molecule has 0 spiro atoms. The minimum atomic E-state index is -4.33. The first kappa shape index (κ1) is 16.4. The quantitative estimate of drug-likeness (QED) is 0.575. The summed E-state index contributed by atoms with van der Waals surface area (Å²) < 4.78 is 40.4. The van der Waals surface area contributed by atoms with Crippen LogP contribution < -0.4 is 0 Å². The van der Waals surface area contributed by atoms with Crippen molar-refractivity contribution >= 4 is 35.0 Å². The zero-order chi connectivity index (χ0) is 15.5. The molecule has 0 fully saturated rings. The maximum Gasteiger partial charge on any atom is 0.416 e. The van der Waals surface area contributed by atoms with E-state index >= 15 is 0 Å². The van der Waals surface area contributed by atoms with Gasteiger partial charge in [-0.05, 0) is 55.3 Å². The van der Waals surface area contributed by atoms with Crippen LogP contribution in [0, 0.1) is 4.77 Å². The molecule has 1 N–H and O–H groups in total. The first-order valence-corrected chi connectivity index (χ1v) is 8.52. The van der Waals surface area contributed by atoms with Gasteiger partial charge in [-0.3, -0.25) is 0 Å². The summed E-state index contributed by atoms with van der Waals surface area (Å²) in [4.78, 5) is 2.87. The Morgan fingerprint density at radius 1 is 1.24 bits per heavy atom. The van der Waals surface area contributed by atoms with Crippen molar-refractivity contribution in [1.82, 2.24) is 9.55 Å². The predicted octanol–water partition coefficient (Wildman–Crippen LogP) is 5.25. The van der Waals surface area contributed by atoms with E-state index in [9.17, 15) is 13.2 Å². The molecule has 1 aromatic heterocycles. The SMILES string of the molecule is CSCCCCCn1c(=S)[nH]c2cc(C(F)(F)F)ccc21. The van der Waals surface area contributed by atoms with Gasteiger partial charge < -0.3 is 9.55 Å². The van der Waals surface area contributed by atoms with E-state index in [1.165, 1.54) is 6.07 Å². The fourth-order valence-corrected chi connectivity index (χ4v) is 3.05. The lowest BCUT2D eigenvalue weighted by atomic mass is 10.2. The maximum atomic E-state index is 12.7. The standard InChI is InChI=1S/C14H17F3N2S2/c1-21-8-4-2-3-7-19-12-6-5-10(14(15,16)17)9-11(12)18-13(19)20/h5-6,9H,2-4,7-8H2,1H3,(H,18,20). The summed E-state index contributed by atoms with van der Waals surface area (Å²) in [7, 11) is 0. The van der Waals surface area contributed by atoms with Crippen LogP contribution in [0.2, 0.25) is 0 Å². The highest BCUT2D eigenvalue weighted by molar-refractivity contribution is 7.98. The third kappa shape index (κ3) is 4.03. The number of aromatic amines is 1. The number of unbranched alkanes of at least 4 members (excludes halogenated alkanes) is 2. The molecule has 0 aliphatic heterocycles. The van der Waals surface area contributed by atoms with Crippen LogP contribution in [-0.2, 0) is 12.7 Å². The molecule has 0 radical (unpaired) electrons. The Morgan fingerprint density at radius 3 is 2.67 bits per heavy atom. The first-order chi connectivity index (χ1) is 9.93. The highest BCUT2D eigenvalue weighted by atomic mass is 32.2. The van der Waals surface area contributed by atoms with Gasteiger partial charge in [-0.2, -0.15) is 24.9 Å². The van der Waals surface area contributed by atoms with Crippen molar-refractivity contribution in [3.05, 3.63) is 28.5 Å². The van der Waals surface area contributed by atoms with Crippen LogP contribution in [0.4, 0.5) is 13.2 Å². The van der Waals surface area contributed by atoms with Crippen LogP contribution in [0.15, 0.2) is 18.2 Å². The fraction of sp³-hybridized carbons (Fsp3) is 0.500. The van der Waals surface area contributed by atoms with Crippen LogP contribution in [0.25, 0.3) is 11.0 Å². The molecule has 0 atom stereocenters. The zero-order valence-electron chi connectivity index (χ0n) is 11.7. The van der Waals surface area contributed by atoms with Crippen LogP contribution in [0.3, 0.4) is 0 Å². The molecule has 0 aliphatic carbocycles. The Balaban J connectivity index is 2.17. The van der Waals surface area contributed by atoms with Gasteiger partial charge in [0.05, 0.1) is 16.6 Å². The summed E-state index contributed by atoms with van der Waals surface area (Å²) >= 11 is 7.03. The summed E-state index contributed by atoms with van der Waals surface area (Å²) in [6.45, 7) is 0.735. The molecule has 2 nitrogen and oxygen atoms in total. The van der Waals surface area contributed by atoms with Gasteiger partial charge in [0.2, 0.25) is 0 Å². The summed E-state index contributed by atoms with van der Waals surface area (Å²) in [5, 5.41) is 0. The fourth-order valence-electron chi connectivity index (χ4n) is 2.26. The largest absolute Gasteiger partial charge is 0.416 e. The molecule has 21 heavy (non-hydrogen) atoms. The molecule has 1 heterocycles. The van der Waals surface area contributed by atoms with Gasteiger partial charge in [-0.15, -0.1) is 0 Å². The highest BCUT2D eigenvalue weighted by Crippen LogP contribution is 2.31. The summed E-state index contributed by atoms with van der Waals surface area (Å²) in [6.07, 6.45) is 0.964. The van der Waals surface area contributed by atoms with Crippen molar-refractivity contribution in [1.29, 1.82) is 0 Å². The number of aromatic nitrogens is 2. The van der Waals surface area contributed by atoms with Crippen molar-refractivity contribution in [2.75, 3.05) is 12.0 Å². The first-order valence-electron chi connectivity index (χ1n) is 6.72. The topological polar surface area (TPSA) is 20.7 Å². The maximum absolute atomic E-state index is 12.7. The second-order valence-corrected chi connectivity index (χ2v) is 6.24. The lowest BCUT2D eigenvalue weighted by molar-refractivity contribution is -0.137. The number of nitrogens with one attached hydrogen (secondary N) is 1. The van der Waals surface area contributed by atoms with E-state index in [0.29, 0.717) is 10.3 Å². The molecule has 0 unspecified atom stereocenters. The van der Waals surface area contributed by atoms with Gasteiger partial charge in [0.1, 0.15) is 0 Å². The van der Waals surface area contributed by atoms with E-state index in [1.54, 1.807) is 0 Å².